The second kappa shape index (κ2) is 8.60. The van der Waals surface area contributed by atoms with Crippen molar-refractivity contribution < 1.29 is 19.1 Å². The summed E-state index contributed by atoms with van der Waals surface area (Å²) in [5, 5.41) is 9.68. The molecule has 1 N–H and O–H groups in total. The molecule has 1 fully saturated rings. The van der Waals surface area contributed by atoms with Crippen LogP contribution in [0.5, 0.6) is 0 Å². The summed E-state index contributed by atoms with van der Waals surface area (Å²) in [4.78, 5) is 19.1. The van der Waals surface area contributed by atoms with Crippen LogP contribution in [-0.4, -0.2) is 68.2 Å². The van der Waals surface area contributed by atoms with Crippen molar-refractivity contribution in [3.05, 3.63) is 29.6 Å². The smallest absolute Gasteiger partial charge is 0.256 e. The molecule has 2 rings (SSSR count). The number of hydrogen-bond acceptors (Lipinski definition) is 5. The Kier molecular flexibility index (Phi) is 6.96. The highest BCUT2D eigenvalue weighted by Gasteiger charge is 2.37. The van der Waals surface area contributed by atoms with Gasteiger partial charge in [0.25, 0.3) is 5.91 Å². The lowest BCUT2D eigenvalue weighted by Gasteiger charge is -2.36. The molecule has 1 amide bonds. The van der Waals surface area contributed by atoms with Crippen molar-refractivity contribution in [2.45, 2.75) is 51.4 Å². The quantitative estimate of drug-likeness (QED) is 0.768. The van der Waals surface area contributed by atoms with Gasteiger partial charge in [0.2, 0.25) is 0 Å². The molecule has 1 atom stereocenters. The minimum Gasteiger partial charge on any atom is -0.416 e. The third-order valence-electron chi connectivity index (χ3n) is 5.43. The van der Waals surface area contributed by atoms with Gasteiger partial charge in [-0.3, -0.25) is 9.78 Å². The fraction of sp³-hybridized carbons (Fsp3) is 0.684. The van der Waals surface area contributed by atoms with Crippen LogP contribution in [0.3, 0.4) is 0 Å². The zero-order valence-corrected chi connectivity index (χ0v) is 17.6. The molecule has 1 aliphatic rings. The first-order valence-corrected chi connectivity index (χ1v) is 12.2. The van der Waals surface area contributed by atoms with Crippen LogP contribution in [0.1, 0.15) is 36.8 Å². The largest absolute Gasteiger partial charge is 0.416 e. The standard InChI is InChI=1S/C19H32N2O4Si/c1-19(2,3)26(4,5)25-11-8-17-16(7-6-9-20-17)18(23)21-10-12-24-14-15(21)13-22/h6-7,9,15,22H,8,10-14H2,1-5H3/t15-/m1/s1. The third kappa shape index (κ3) is 4.91. The number of pyridine rings is 1. The van der Waals surface area contributed by atoms with Gasteiger partial charge in [-0.25, -0.2) is 0 Å². The van der Waals surface area contributed by atoms with E-state index < -0.39 is 8.32 Å². The zero-order chi connectivity index (χ0) is 19.4. The lowest BCUT2D eigenvalue weighted by molar-refractivity contribution is -0.0184. The van der Waals surface area contributed by atoms with E-state index in [1.54, 1.807) is 23.2 Å². The Bertz CT molecular complexity index is 616. The normalized spacial score (nSPS) is 18.8. The molecule has 0 unspecified atom stereocenters. The van der Waals surface area contributed by atoms with Crippen molar-refractivity contribution in [3.8, 4) is 0 Å². The summed E-state index contributed by atoms with van der Waals surface area (Å²) in [6, 6.07) is 3.29. The molecule has 0 aliphatic carbocycles. The van der Waals surface area contributed by atoms with Gasteiger partial charge in [0.05, 0.1) is 37.1 Å². The lowest BCUT2D eigenvalue weighted by atomic mass is 10.1. The minimum atomic E-state index is -1.83. The number of amides is 1. The number of carbonyl (C=O) groups excluding carboxylic acids is 1. The van der Waals surface area contributed by atoms with Crippen molar-refractivity contribution >= 4 is 14.2 Å². The number of ether oxygens (including phenoxy) is 1. The van der Waals surface area contributed by atoms with Crippen molar-refractivity contribution in [1.82, 2.24) is 9.88 Å². The molecular formula is C19H32N2O4Si. The van der Waals surface area contributed by atoms with Crippen LogP contribution in [0, 0.1) is 0 Å². The summed E-state index contributed by atoms with van der Waals surface area (Å²) in [6.07, 6.45) is 2.31. The Hall–Kier alpha value is -1.28. The number of aliphatic hydroxyl groups excluding tert-OH is 1. The molecule has 0 bridgehead atoms. The Morgan fingerprint density at radius 2 is 2.19 bits per heavy atom. The molecule has 6 nitrogen and oxygen atoms in total. The Balaban J connectivity index is 2.09. The van der Waals surface area contributed by atoms with Gasteiger partial charge in [-0.15, -0.1) is 0 Å². The number of aromatic nitrogens is 1. The number of aliphatic hydroxyl groups is 1. The molecule has 146 valence electrons. The van der Waals surface area contributed by atoms with E-state index >= 15 is 0 Å². The van der Waals surface area contributed by atoms with Crippen LogP contribution in [-0.2, 0) is 15.6 Å². The van der Waals surface area contributed by atoms with E-state index in [0.29, 0.717) is 38.3 Å². The van der Waals surface area contributed by atoms with Crippen LogP contribution in [0.2, 0.25) is 18.1 Å². The van der Waals surface area contributed by atoms with E-state index in [0.717, 1.165) is 5.69 Å². The molecule has 0 radical (unpaired) electrons. The van der Waals surface area contributed by atoms with E-state index in [9.17, 15) is 9.90 Å². The summed E-state index contributed by atoms with van der Waals surface area (Å²) >= 11 is 0. The third-order valence-corrected chi connectivity index (χ3v) is 9.97. The molecule has 0 saturated carbocycles. The first-order chi connectivity index (χ1) is 12.2. The summed E-state index contributed by atoms with van der Waals surface area (Å²) in [6.45, 7) is 12.9. The van der Waals surface area contributed by atoms with E-state index in [4.69, 9.17) is 9.16 Å². The van der Waals surface area contributed by atoms with Crippen LogP contribution in [0.15, 0.2) is 18.3 Å². The molecule has 1 aliphatic heterocycles. The molecular weight excluding hydrogens is 348 g/mol. The predicted octanol–water partition coefficient (Wildman–Crippen LogP) is 2.48. The second-order valence-electron chi connectivity index (χ2n) is 8.27. The number of carbonyl (C=O) groups is 1. The van der Waals surface area contributed by atoms with Gasteiger partial charge in [0, 0.05) is 25.8 Å². The van der Waals surface area contributed by atoms with Gasteiger partial charge in [-0.2, -0.15) is 0 Å². The van der Waals surface area contributed by atoms with Crippen LogP contribution >= 0.6 is 0 Å². The average Bonchev–Trinajstić information content (AvgIpc) is 2.60. The Morgan fingerprint density at radius 1 is 1.46 bits per heavy atom. The molecule has 26 heavy (non-hydrogen) atoms. The van der Waals surface area contributed by atoms with E-state index in [1.807, 2.05) is 0 Å². The molecule has 0 spiro atoms. The summed E-state index contributed by atoms with van der Waals surface area (Å²) in [5.74, 6) is -0.0947. The predicted molar refractivity (Wildman–Crippen MR) is 104 cm³/mol. The number of nitrogens with zero attached hydrogens (tertiary/aromatic N) is 2. The maximum absolute atomic E-state index is 13.0. The monoisotopic (exact) mass is 380 g/mol. The maximum atomic E-state index is 13.0. The van der Waals surface area contributed by atoms with Crippen LogP contribution < -0.4 is 0 Å². The summed E-state index contributed by atoms with van der Waals surface area (Å²) in [5.41, 5.74) is 1.34. The van der Waals surface area contributed by atoms with Gasteiger partial charge in [0.1, 0.15) is 0 Å². The number of hydrogen-bond donors (Lipinski definition) is 1. The Labute approximate surface area is 157 Å². The van der Waals surface area contributed by atoms with Gasteiger partial charge in [0.15, 0.2) is 8.32 Å². The zero-order valence-electron chi connectivity index (χ0n) is 16.6. The highest BCUT2D eigenvalue weighted by Crippen LogP contribution is 2.36. The van der Waals surface area contributed by atoms with E-state index in [2.05, 4.69) is 38.8 Å². The number of morpholine rings is 1. The molecule has 1 aromatic heterocycles. The van der Waals surface area contributed by atoms with Crippen molar-refractivity contribution in [2.75, 3.05) is 33.0 Å². The van der Waals surface area contributed by atoms with Crippen molar-refractivity contribution in [1.29, 1.82) is 0 Å². The Morgan fingerprint density at radius 3 is 2.85 bits per heavy atom. The fourth-order valence-electron chi connectivity index (χ4n) is 2.68. The maximum Gasteiger partial charge on any atom is 0.256 e. The minimum absolute atomic E-state index is 0.0947. The molecule has 1 aromatic rings. The molecule has 7 heteroatoms. The molecule has 1 saturated heterocycles. The topological polar surface area (TPSA) is 71.9 Å². The first-order valence-electron chi connectivity index (χ1n) is 9.25. The van der Waals surface area contributed by atoms with Crippen LogP contribution in [0.25, 0.3) is 0 Å². The summed E-state index contributed by atoms with van der Waals surface area (Å²) in [7, 11) is -1.83. The highest BCUT2D eigenvalue weighted by molar-refractivity contribution is 6.74. The highest BCUT2D eigenvalue weighted by atomic mass is 28.4. The van der Waals surface area contributed by atoms with Gasteiger partial charge < -0.3 is 19.2 Å². The van der Waals surface area contributed by atoms with E-state index in [-0.39, 0.29) is 23.6 Å². The van der Waals surface area contributed by atoms with Crippen molar-refractivity contribution in [2.24, 2.45) is 0 Å². The lowest BCUT2D eigenvalue weighted by Crippen LogP contribution is -2.50. The van der Waals surface area contributed by atoms with Crippen molar-refractivity contribution in [3.63, 3.8) is 0 Å². The number of rotatable bonds is 6. The molecule has 0 aromatic carbocycles. The SMILES string of the molecule is CC(C)(C)[Si](C)(C)OCCc1ncccc1C(=O)N1CCOC[C@H]1CO. The van der Waals surface area contributed by atoms with E-state index in [1.165, 1.54) is 0 Å². The average molecular weight is 381 g/mol. The molecule has 2 heterocycles. The van der Waals surface area contributed by atoms with Gasteiger partial charge in [-0.05, 0) is 30.3 Å². The first kappa shape index (κ1) is 21.0. The summed E-state index contributed by atoms with van der Waals surface area (Å²) < 4.78 is 11.6. The van der Waals surface area contributed by atoms with Gasteiger partial charge in [-0.1, -0.05) is 20.8 Å². The second-order valence-corrected chi connectivity index (χ2v) is 13.1. The van der Waals surface area contributed by atoms with Crippen LogP contribution in [0.4, 0.5) is 0 Å². The fourth-order valence-corrected chi connectivity index (χ4v) is 3.72. The van der Waals surface area contributed by atoms with Gasteiger partial charge >= 0.3 is 0 Å².